The zero-order chi connectivity index (χ0) is 32.0. The molecule has 0 spiro atoms. The summed E-state index contributed by atoms with van der Waals surface area (Å²) in [6.45, 7) is -1.61. The highest BCUT2D eigenvalue weighted by Gasteiger charge is 2.50. The number of hydrogen-bond acceptors (Lipinski definition) is 16. The predicted octanol–water partition coefficient (Wildman–Crippen LogP) is -3.74. The number of carbonyl (C=O) groups is 1. The van der Waals surface area contributed by atoms with Crippen LogP contribution in [0.1, 0.15) is 23.0 Å². The van der Waals surface area contributed by atoms with Gasteiger partial charge in [-0.1, -0.05) is 0 Å². The fourth-order valence-corrected chi connectivity index (χ4v) is 6.84. The molecule has 0 radical (unpaired) electrons. The summed E-state index contributed by atoms with van der Waals surface area (Å²) in [5.41, 5.74) is 17.1. The Hall–Kier alpha value is -3.01. The zero-order valence-corrected chi connectivity index (χ0v) is 24.3. The molecule has 10 unspecified atom stereocenters. The molecule has 2 aromatic heterocycles. The minimum atomic E-state index is -5.32. The highest BCUT2D eigenvalue weighted by molar-refractivity contribution is 7.61. The number of primary amides is 1. The largest absolute Gasteiger partial charge is 0.481 e. The second kappa shape index (κ2) is 12.4. The van der Waals surface area contributed by atoms with Crippen molar-refractivity contribution in [2.24, 2.45) is 10.7 Å². The van der Waals surface area contributed by atoms with Crippen LogP contribution in [0.4, 0.5) is 23.3 Å². The lowest BCUT2D eigenvalue weighted by atomic mass is 10.1. The van der Waals surface area contributed by atoms with Crippen LogP contribution in [0.25, 0.3) is 0 Å². The van der Waals surface area contributed by atoms with Gasteiger partial charge in [-0.2, -0.15) is 23.8 Å². The van der Waals surface area contributed by atoms with E-state index in [9.17, 15) is 39.0 Å². The molecule has 44 heavy (non-hydrogen) atoms. The summed E-state index contributed by atoms with van der Waals surface area (Å²) in [4.78, 5) is 44.0. The van der Waals surface area contributed by atoms with E-state index in [1.54, 1.807) is 0 Å². The van der Waals surface area contributed by atoms with E-state index in [4.69, 9.17) is 35.7 Å². The normalized spacial score (nSPS) is 32.3. The second-order valence-corrected chi connectivity index (χ2v) is 12.9. The Morgan fingerprint density at radius 2 is 1.75 bits per heavy atom. The first-order chi connectivity index (χ1) is 20.6. The molecule has 23 heteroatoms. The minimum absolute atomic E-state index is 0.0124. The zero-order valence-electron chi connectivity index (χ0n) is 22.5. The van der Waals surface area contributed by atoms with Crippen molar-refractivity contribution >= 4 is 51.2 Å². The number of amides is 1. The number of quaternary nitrogens is 1. The number of rotatable bonds is 11. The number of nitrogens with two attached hydrogens (primary N) is 3. The number of aliphatic hydroxyl groups excluding tert-OH is 3. The van der Waals surface area contributed by atoms with E-state index in [1.165, 1.54) is 35.4 Å². The van der Waals surface area contributed by atoms with Gasteiger partial charge in [-0.3, -0.25) is 13.8 Å². The van der Waals surface area contributed by atoms with Crippen LogP contribution in [0.15, 0.2) is 29.5 Å². The summed E-state index contributed by atoms with van der Waals surface area (Å²) >= 11 is 0. The van der Waals surface area contributed by atoms with E-state index in [0.717, 1.165) is 0 Å². The van der Waals surface area contributed by atoms with Gasteiger partial charge in [0.05, 0.1) is 25.7 Å². The summed E-state index contributed by atoms with van der Waals surface area (Å²) in [5, 5.41) is 31.2. The van der Waals surface area contributed by atoms with E-state index in [1.807, 2.05) is 0 Å². The van der Waals surface area contributed by atoms with Gasteiger partial charge in [0.1, 0.15) is 23.9 Å². The molecular formula is C21H30N8O13P2+2. The van der Waals surface area contributed by atoms with Gasteiger partial charge in [-0.05, 0) is 6.07 Å². The first-order valence-electron chi connectivity index (χ1n) is 12.8. The SMILES string of the molecule is NC(=O)c1ccc[n+](C2OC(COP(=O)(O)OP(=O)(O)OCC3OC([NH+]4C=Nc5c(N)nc(N)nc54)CC3O)C(O)C2O)c1. The Bertz CT molecular complexity index is 1550. The number of carbonyl (C=O) groups excluding carboxylic acids is 1. The monoisotopic (exact) mass is 664 g/mol. The van der Waals surface area contributed by atoms with Gasteiger partial charge in [-0.25, -0.2) is 14.0 Å². The van der Waals surface area contributed by atoms with Crippen LogP contribution in [0.3, 0.4) is 0 Å². The molecule has 0 aromatic carbocycles. The first-order valence-corrected chi connectivity index (χ1v) is 15.8. The molecule has 12 N–H and O–H groups in total. The summed E-state index contributed by atoms with van der Waals surface area (Å²) in [7, 11) is -10.6. The molecule has 1 amide bonds. The van der Waals surface area contributed by atoms with Gasteiger partial charge in [0.2, 0.25) is 12.2 Å². The Morgan fingerprint density at radius 3 is 2.43 bits per heavy atom. The number of pyridine rings is 1. The molecule has 2 saturated heterocycles. The first kappa shape index (κ1) is 32.4. The molecule has 3 aliphatic rings. The van der Waals surface area contributed by atoms with Crippen molar-refractivity contribution < 1.29 is 71.3 Å². The third-order valence-electron chi connectivity index (χ3n) is 6.85. The van der Waals surface area contributed by atoms with Gasteiger partial charge in [0.25, 0.3) is 18.0 Å². The van der Waals surface area contributed by atoms with Gasteiger partial charge >= 0.3 is 15.6 Å². The summed E-state index contributed by atoms with van der Waals surface area (Å²) in [6.07, 6.45) is -4.88. The molecule has 240 valence electrons. The second-order valence-electron chi connectivity index (χ2n) is 9.90. The van der Waals surface area contributed by atoms with Gasteiger partial charge < -0.3 is 51.8 Å². The number of nitrogen functional groups attached to an aromatic ring is 2. The lowest BCUT2D eigenvalue weighted by Crippen LogP contribution is -3.10. The maximum Gasteiger partial charge on any atom is 0.481 e. The fraction of sp³-hybridized carbons (Fsp3) is 0.476. The molecule has 5 heterocycles. The van der Waals surface area contributed by atoms with Gasteiger partial charge in [0.15, 0.2) is 36.3 Å². The quantitative estimate of drug-likeness (QED) is 0.0823. The van der Waals surface area contributed by atoms with Crippen molar-refractivity contribution in [1.82, 2.24) is 9.97 Å². The average Bonchev–Trinajstić information content (AvgIpc) is 3.61. The van der Waals surface area contributed by atoms with Crippen LogP contribution in [-0.4, -0.2) is 97.3 Å². The number of nitrogens with one attached hydrogen (secondary N) is 1. The molecule has 0 aliphatic carbocycles. The van der Waals surface area contributed by atoms with Crippen molar-refractivity contribution in [3.8, 4) is 0 Å². The van der Waals surface area contributed by atoms with E-state index < -0.39 is 77.7 Å². The number of nitrogens with zero attached hydrogens (tertiary/aromatic N) is 4. The Morgan fingerprint density at radius 1 is 1.07 bits per heavy atom. The van der Waals surface area contributed by atoms with Crippen LogP contribution in [0.2, 0.25) is 0 Å². The Kier molecular flexibility index (Phi) is 9.13. The van der Waals surface area contributed by atoms with E-state index in [2.05, 4.69) is 19.3 Å². The summed E-state index contributed by atoms with van der Waals surface area (Å²) in [5.74, 6) is -0.508. The number of phosphoric acid groups is 2. The number of hydrogen-bond donors (Lipinski definition) is 9. The van der Waals surface area contributed by atoms with Crippen molar-refractivity contribution in [2.75, 3.05) is 24.7 Å². The van der Waals surface area contributed by atoms with Crippen molar-refractivity contribution in [3.05, 3.63) is 30.1 Å². The molecule has 2 fully saturated rings. The molecule has 3 aliphatic heterocycles. The smallest absolute Gasteiger partial charge is 0.390 e. The lowest BCUT2D eigenvalue weighted by molar-refractivity contribution is -0.787. The third kappa shape index (κ3) is 6.95. The Labute approximate surface area is 247 Å². The molecular weight excluding hydrogens is 634 g/mol. The third-order valence-corrected chi connectivity index (χ3v) is 9.45. The summed E-state index contributed by atoms with van der Waals surface area (Å²) in [6, 6.07) is 2.85. The molecule has 10 atom stereocenters. The van der Waals surface area contributed by atoms with Crippen molar-refractivity contribution in [2.45, 2.75) is 49.4 Å². The maximum atomic E-state index is 12.4. The highest BCUT2D eigenvalue weighted by atomic mass is 31.3. The molecule has 0 bridgehead atoms. The van der Waals surface area contributed by atoms with E-state index in [-0.39, 0.29) is 29.4 Å². The Balaban J connectivity index is 1.13. The lowest BCUT2D eigenvalue weighted by Gasteiger charge is -2.20. The van der Waals surface area contributed by atoms with Gasteiger partial charge in [0, 0.05) is 6.07 Å². The standard InChI is InChI=1S/C21H28N8O13P2/c22-17-14-19(27-21(24)26-17)29(8-25-14)13-4-10(30)11(40-13)6-38-43(34,35)42-44(36,37)39-7-12-15(31)16(32)20(41-12)28-3-1-2-9(5-28)18(23)33/h1-3,5,8,10-13,15-16,20,30-32H,4,6-7H2,(H7-,22,23,24,26,27,33,34,35,36,37)/p+2. The number of fused-ring (bicyclic) bond motifs is 1. The van der Waals surface area contributed by atoms with E-state index in [0.29, 0.717) is 10.7 Å². The topological polar surface area (TPSA) is 323 Å². The minimum Gasteiger partial charge on any atom is -0.390 e. The van der Waals surface area contributed by atoms with E-state index >= 15 is 0 Å². The number of anilines is 2. The molecule has 5 rings (SSSR count). The number of aliphatic imine (C=N–C) groups is 1. The van der Waals surface area contributed by atoms with Crippen molar-refractivity contribution in [3.63, 3.8) is 0 Å². The van der Waals surface area contributed by atoms with Crippen LogP contribution < -0.4 is 26.7 Å². The number of phosphoric ester groups is 2. The fourth-order valence-electron chi connectivity index (χ4n) is 4.75. The molecule has 21 nitrogen and oxygen atoms in total. The predicted molar refractivity (Wildman–Crippen MR) is 143 cm³/mol. The van der Waals surface area contributed by atoms with Crippen LogP contribution in [0.5, 0.6) is 0 Å². The van der Waals surface area contributed by atoms with Crippen LogP contribution >= 0.6 is 15.6 Å². The summed E-state index contributed by atoms with van der Waals surface area (Å²) < 4.78 is 51.1. The number of ether oxygens (including phenoxy) is 2. The highest BCUT2D eigenvalue weighted by Crippen LogP contribution is 2.60. The molecule has 2 aromatic rings. The number of aromatic nitrogens is 3. The number of aliphatic hydroxyl groups is 3. The van der Waals surface area contributed by atoms with Crippen LogP contribution in [-0.2, 0) is 32.0 Å². The van der Waals surface area contributed by atoms with Gasteiger partial charge in [-0.15, -0.1) is 0 Å². The van der Waals surface area contributed by atoms with Crippen molar-refractivity contribution in [1.29, 1.82) is 0 Å². The molecule has 0 saturated carbocycles. The average molecular weight is 664 g/mol. The maximum absolute atomic E-state index is 12.4. The van der Waals surface area contributed by atoms with Crippen LogP contribution in [0, 0.1) is 0 Å².